The van der Waals surface area contributed by atoms with Crippen LogP contribution < -0.4 is 33.2 Å². The number of H-pyrrole nitrogens is 2. The number of hydrogen-bond donors (Lipinski definition) is 8. The lowest BCUT2D eigenvalue weighted by atomic mass is 10.0. The molecule has 0 unspecified atom stereocenters. The molecule has 4 aromatic rings. The molecule has 11 N–H and O–H groups in total. The number of rotatable bonds is 19. The zero-order valence-corrected chi connectivity index (χ0v) is 28.4. The second kappa shape index (κ2) is 18.5. The molecule has 51 heavy (non-hydrogen) atoms. The van der Waals surface area contributed by atoms with Crippen molar-refractivity contribution in [1.82, 2.24) is 35.8 Å². The molecule has 0 aliphatic rings. The number of nitrogens with two attached hydrogens (primary N) is 3. The Morgan fingerprint density at radius 1 is 0.863 bits per heavy atom. The van der Waals surface area contributed by atoms with Crippen LogP contribution in [-0.2, 0) is 43.2 Å². The molecular formula is C35H45N11O5. The molecule has 0 bridgehead atoms. The van der Waals surface area contributed by atoms with E-state index in [1.165, 1.54) is 18.2 Å². The number of benzene rings is 2. The van der Waals surface area contributed by atoms with Crippen molar-refractivity contribution in [3.05, 3.63) is 90.1 Å². The number of aromatic nitrogens is 3. The number of amides is 5. The molecule has 0 saturated carbocycles. The Morgan fingerprint density at radius 2 is 1.57 bits per heavy atom. The van der Waals surface area contributed by atoms with Crippen molar-refractivity contribution < 1.29 is 24.0 Å². The predicted molar refractivity (Wildman–Crippen MR) is 192 cm³/mol. The Labute approximate surface area is 295 Å². The summed E-state index contributed by atoms with van der Waals surface area (Å²) in [5.41, 5.74) is 19.8. The van der Waals surface area contributed by atoms with Crippen molar-refractivity contribution in [2.75, 3.05) is 19.6 Å². The number of fused-ring (bicyclic) bond motifs is 1. The van der Waals surface area contributed by atoms with Gasteiger partial charge in [-0.3, -0.25) is 29.0 Å². The molecular weight excluding hydrogens is 654 g/mol. The zero-order valence-electron chi connectivity index (χ0n) is 28.4. The number of carbonyl (C=O) groups is 5. The molecule has 4 rings (SSSR count). The third-order valence-corrected chi connectivity index (χ3v) is 8.26. The molecule has 5 amide bonds. The van der Waals surface area contributed by atoms with Crippen LogP contribution in [0.5, 0.6) is 0 Å². The first-order valence-electron chi connectivity index (χ1n) is 16.6. The minimum Gasteiger partial charge on any atom is -0.370 e. The maximum atomic E-state index is 13.9. The average molecular weight is 700 g/mol. The Kier molecular flexibility index (Phi) is 13.7. The summed E-state index contributed by atoms with van der Waals surface area (Å²) in [5.74, 6) is -3.05. The van der Waals surface area contributed by atoms with Crippen LogP contribution in [0.15, 0.2) is 78.3 Å². The van der Waals surface area contributed by atoms with Gasteiger partial charge in [0.1, 0.15) is 18.1 Å². The van der Waals surface area contributed by atoms with E-state index < -0.39 is 41.8 Å². The molecule has 16 nitrogen and oxygen atoms in total. The van der Waals surface area contributed by atoms with E-state index in [4.69, 9.17) is 17.2 Å². The summed E-state index contributed by atoms with van der Waals surface area (Å²) in [7, 11) is 0. The van der Waals surface area contributed by atoms with Crippen LogP contribution in [0.3, 0.4) is 0 Å². The topological polar surface area (TPSA) is 260 Å². The van der Waals surface area contributed by atoms with Gasteiger partial charge in [-0.05, 0) is 30.0 Å². The summed E-state index contributed by atoms with van der Waals surface area (Å²) in [6.07, 6.45) is 5.98. The van der Waals surface area contributed by atoms with E-state index in [9.17, 15) is 24.0 Å². The monoisotopic (exact) mass is 699 g/mol. The maximum Gasteiger partial charge on any atom is 0.243 e. The van der Waals surface area contributed by atoms with Crippen molar-refractivity contribution in [2.24, 2.45) is 22.2 Å². The van der Waals surface area contributed by atoms with Gasteiger partial charge in [0.2, 0.25) is 29.5 Å². The summed E-state index contributed by atoms with van der Waals surface area (Å²) in [6.45, 7) is 1.49. The van der Waals surface area contributed by atoms with Gasteiger partial charge < -0.3 is 48.0 Å². The molecule has 270 valence electrons. The van der Waals surface area contributed by atoms with Gasteiger partial charge in [-0.15, -0.1) is 0 Å². The normalized spacial score (nSPS) is 12.6. The number of aliphatic imine (C=N–C) groups is 1. The lowest BCUT2D eigenvalue weighted by molar-refractivity contribution is -0.136. The highest BCUT2D eigenvalue weighted by molar-refractivity contribution is 5.95. The number of aromatic amines is 2. The molecule has 0 aliphatic heterocycles. The molecule has 2 heterocycles. The van der Waals surface area contributed by atoms with Crippen LogP contribution in [0, 0.1) is 0 Å². The first-order chi connectivity index (χ1) is 24.5. The molecule has 3 atom stereocenters. The standard InChI is InChI=1S/C35H45N11O5/c1-22(47)46(15-13-25-19-39-21-42-25)20-31(48)43-30(16-23-8-3-2-4-9-23)34(51)44-28(12-7-14-40-35(37)38)33(50)45-29(32(36)49)17-24-18-41-27-11-6-5-10-26(24)27/h2-6,8-11,18-19,21,28-30,41H,7,12-17,20H2,1H3,(H2,36,49)(H,39,42)(H,43,48)(H,44,51)(H,45,50)(H4,37,38,40)/t28-,29-,30-/m0/s1. The van der Waals surface area contributed by atoms with Crippen molar-refractivity contribution in [3.63, 3.8) is 0 Å². The second-order valence-corrected chi connectivity index (χ2v) is 12.1. The smallest absolute Gasteiger partial charge is 0.243 e. The summed E-state index contributed by atoms with van der Waals surface area (Å²) in [5, 5.41) is 9.08. The number of hydrogen-bond acceptors (Lipinski definition) is 7. The van der Waals surface area contributed by atoms with Crippen LogP contribution in [0.25, 0.3) is 10.9 Å². The first-order valence-corrected chi connectivity index (χ1v) is 16.6. The van der Waals surface area contributed by atoms with E-state index in [-0.39, 0.29) is 50.8 Å². The highest BCUT2D eigenvalue weighted by Crippen LogP contribution is 2.19. The number of nitrogens with zero attached hydrogens (tertiary/aromatic N) is 3. The first kappa shape index (κ1) is 37.6. The molecule has 0 fully saturated rings. The molecule has 16 heteroatoms. The number of para-hydroxylation sites is 1. The fraction of sp³-hybridized carbons (Fsp3) is 0.343. The fourth-order valence-corrected chi connectivity index (χ4v) is 5.56. The molecule has 2 aromatic heterocycles. The van der Waals surface area contributed by atoms with Crippen LogP contribution in [0.1, 0.15) is 36.6 Å². The Morgan fingerprint density at radius 3 is 2.25 bits per heavy atom. The van der Waals surface area contributed by atoms with Crippen LogP contribution >= 0.6 is 0 Å². The van der Waals surface area contributed by atoms with Gasteiger partial charge in [0.05, 0.1) is 12.9 Å². The number of imidazole rings is 1. The molecule has 0 aliphatic carbocycles. The highest BCUT2D eigenvalue weighted by atomic mass is 16.2. The van der Waals surface area contributed by atoms with Crippen molar-refractivity contribution >= 4 is 46.4 Å². The van der Waals surface area contributed by atoms with E-state index in [0.29, 0.717) is 12.8 Å². The molecule has 0 saturated heterocycles. The summed E-state index contributed by atoms with van der Waals surface area (Å²) in [6, 6.07) is 13.2. The largest absolute Gasteiger partial charge is 0.370 e. The number of primary amides is 1. The minimum atomic E-state index is -1.14. The third kappa shape index (κ3) is 11.7. The Balaban J connectivity index is 1.50. The molecule has 0 radical (unpaired) electrons. The van der Waals surface area contributed by atoms with Crippen molar-refractivity contribution in [1.29, 1.82) is 0 Å². The van der Waals surface area contributed by atoms with E-state index in [1.807, 2.05) is 30.3 Å². The Hall–Kier alpha value is -6.19. The quantitative estimate of drug-likeness (QED) is 0.0367. The second-order valence-electron chi connectivity index (χ2n) is 12.1. The minimum absolute atomic E-state index is 0.0967. The summed E-state index contributed by atoms with van der Waals surface area (Å²) >= 11 is 0. The van der Waals surface area contributed by atoms with Crippen LogP contribution in [-0.4, -0.2) is 93.1 Å². The third-order valence-electron chi connectivity index (χ3n) is 8.26. The number of nitrogens with one attached hydrogen (secondary N) is 5. The van der Waals surface area contributed by atoms with Gasteiger partial charge in [0.15, 0.2) is 5.96 Å². The van der Waals surface area contributed by atoms with E-state index in [0.717, 1.165) is 27.7 Å². The predicted octanol–water partition coefficient (Wildman–Crippen LogP) is -0.239. The summed E-state index contributed by atoms with van der Waals surface area (Å²) in [4.78, 5) is 81.3. The van der Waals surface area contributed by atoms with Crippen molar-refractivity contribution in [2.45, 2.75) is 57.2 Å². The fourth-order valence-electron chi connectivity index (χ4n) is 5.56. The summed E-state index contributed by atoms with van der Waals surface area (Å²) < 4.78 is 0. The van der Waals surface area contributed by atoms with Gasteiger partial charge in [0.25, 0.3) is 0 Å². The number of guanidine groups is 1. The lowest BCUT2D eigenvalue weighted by Gasteiger charge is -2.26. The Bertz CT molecular complexity index is 1800. The molecule has 2 aromatic carbocycles. The van der Waals surface area contributed by atoms with Gasteiger partial charge >= 0.3 is 0 Å². The van der Waals surface area contributed by atoms with Gasteiger partial charge in [-0.25, -0.2) is 4.98 Å². The van der Waals surface area contributed by atoms with Gasteiger partial charge in [-0.1, -0.05) is 48.5 Å². The van der Waals surface area contributed by atoms with Gasteiger partial charge in [0, 0.05) is 68.3 Å². The van der Waals surface area contributed by atoms with Gasteiger partial charge in [-0.2, -0.15) is 0 Å². The lowest BCUT2D eigenvalue weighted by Crippen LogP contribution is -2.57. The average Bonchev–Trinajstić information content (AvgIpc) is 3.77. The SMILES string of the molecule is CC(=O)N(CCc1cnc[nH]1)CC(=O)N[C@@H](Cc1ccccc1)C(=O)N[C@@H](CCCN=C(N)N)C(=O)N[C@@H](Cc1c[nH]c2ccccc12)C(N)=O. The molecule has 0 spiro atoms. The van der Waals surface area contributed by atoms with Crippen molar-refractivity contribution in [3.8, 4) is 0 Å². The maximum absolute atomic E-state index is 13.9. The van der Waals surface area contributed by atoms with E-state index in [2.05, 4.69) is 35.9 Å². The number of carbonyl (C=O) groups excluding carboxylic acids is 5. The highest BCUT2D eigenvalue weighted by Gasteiger charge is 2.30. The zero-order chi connectivity index (χ0) is 36.8. The van der Waals surface area contributed by atoms with E-state index >= 15 is 0 Å². The van der Waals surface area contributed by atoms with Crippen LogP contribution in [0.2, 0.25) is 0 Å². The van der Waals surface area contributed by atoms with Crippen LogP contribution in [0.4, 0.5) is 0 Å². The van der Waals surface area contributed by atoms with E-state index in [1.54, 1.807) is 36.7 Å².